The van der Waals surface area contributed by atoms with E-state index in [0.717, 1.165) is 11.5 Å². The van der Waals surface area contributed by atoms with Gasteiger partial charge in [0.25, 0.3) is 0 Å². The Labute approximate surface area is 159 Å². The Morgan fingerprint density at radius 2 is 1.44 bits per heavy atom. The van der Waals surface area contributed by atoms with E-state index >= 15 is 0 Å². The van der Waals surface area contributed by atoms with Crippen LogP contribution in [-0.4, -0.2) is 25.5 Å². The first-order valence-corrected chi connectivity index (χ1v) is 12.2. The maximum Gasteiger partial charge on any atom is 0.158 e. The van der Waals surface area contributed by atoms with Crippen LogP contribution in [0.5, 0.6) is 11.5 Å². The lowest BCUT2D eigenvalue weighted by Gasteiger charge is -2.48. The second-order valence-electron chi connectivity index (χ2n) is 7.55. The third kappa shape index (κ3) is 3.81. The fourth-order valence-corrected chi connectivity index (χ4v) is 11.4. The molecule has 3 rings (SSSR count). The average molecular weight is 383 g/mol. The minimum atomic E-state index is -1.64. The van der Waals surface area contributed by atoms with Gasteiger partial charge in [-0.3, -0.25) is 0 Å². The molecule has 0 radical (unpaired) electrons. The molecular weight excluding hydrogens is 351 g/mol. The van der Waals surface area contributed by atoms with E-state index in [9.17, 15) is 0 Å². The molecule has 0 aliphatic heterocycles. The SMILES string of the molecule is COc1ccc(OC)c([P+]([CH-]Cl)(C2CCCCC2)C2CCCCC2)c1. The van der Waals surface area contributed by atoms with Crippen molar-refractivity contribution in [3.8, 4) is 11.5 Å². The van der Waals surface area contributed by atoms with Gasteiger partial charge in [0.05, 0.1) is 14.2 Å². The third-order valence-corrected chi connectivity index (χ3v) is 12.2. The minimum Gasteiger partial charge on any atom is -0.497 e. The molecule has 0 amide bonds. The fraction of sp³-hybridized carbons (Fsp3) is 0.667. The summed E-state index contributed by atoms with van der Waals surface area (Å²) >= 11 is 6.78. The quantitative estimate of drug-likeness (QED) is 0.420. The number of hydrogen-bond acceptors (Lipinski definition) is 2. The van der Waals surface area contributed by atoms with Crippen LogP contribution in [0.25, 0.3) is 0 Å². The zero-order valence-electron chi connectivity index (χ0n) is 15.7. The molecule has 2 aliphatic rings. The van der Waals surface area contributed by atoms with E-state index in [0.29, 0.717) is 11.3 Å². The molecule has 0 saturated heterocycles. The summed E-state index contributed by atoms with van der Waals surface area (Å²) in [5.41, 5.74) is 3.54. The summed E-state index contributed by atoms with van der Waals surface area (Å²) in [7, 11) is 1.90. The fourth-order valence-electron chi connectivity index (χ4n) is 5.02. The largest absolute Gasteiger partial charge is 0.497 e. The van der Waals surface area contributed by atoms with Gasteiger partial charge in [0, 0.05) is 17.4 Å². The number of hydrogen-bond donors (Lipinski definition) is 0. The molecule has 1 aromatic rings. The van der Waals surface area contributed by atoms with Gasteiger partial charge in [-0.25, -0.2) is 0 Å². The highest BCUT2D eigenvalue weighted by molar-refractivity contribution is 7.87. The first kappa shape index (κ1) is 19.3. The van der Waals surface area contributed by atoms with Crippen LogP contribution < -0.4 is 14.8 Å². The molecule has 0 unspecified atom stereocenters. The number of methoxy groups -OCH3 is 2. The second-order valence-corrected chi connectivity index (χ2v) is 11.9. The van der Waals surface area contributed by atoms with Crippen LogP contribution in [0.3, 0.4) is 0 Å². The molecule has 2 saturated carbocycles. The van der Waals surface area contributed by atoms with E-state index in [4.69, 9.17) is 21.1 Å². The highest BCUT2D eigenvalue weighted by atomic mass is 35.5. The first-order valence-electron chi connectivity index (χ1n) is 9.81. The van der Waals surface area contributed by atoms with Crippen molar-refractivity contribution >= 4 is 24.2 Å². The van der Waals surface area contributed by atoms with Crippen molar-refractivity contribution in [1.82, 2.24) is 0 Å². The monoisotopic (exact) mass is 382 g/mol. The molecule has 2 fully saturated rings. The average Bonchev–Trinajstić information content (AvgIpc) is 2.70. The summed E-state index contributed by atoms with van der Waals surface area (Å²) in [5, 5.41) is 1.35. The van der Waals surface area contributed by atoms with Gasteiger partial charge in [-0.05, 0) is 63.5 Å². The lowest BCUT2D eigenvalue weighted by Crippen LogP contribution is -2.34. The molecule has 140 valence electrons. The van der Waals surface area contributed by atoms with E-state index in [2.05, 4.69) is 17.8 Å². The van der Waals surface area contributed by atoms with Gasteiger partial charge < -0.3 is 21.1 Å². The number of ether oxygens (including phenoxy) is 2. The van der Waals surface area contributed by atoms with Crippen LogP contribution in [0.4, 0.5) is 0 Å². The topological polar surface area (TPSA) is 18.5 Å². The van der Waals surface area contributed by atoms with Gasteiger partial charge in [0.1, 0.15) is 11.1 Å². The van der Waals surface area contributed by atoms with Crippen molar-refractivity contribution in [2.24, 2.45) is 0 Å². The summed E-state index contributed by atoms with van der Waals surface area (Å²) in [6.45, 7) is 0. The zero-order chi connectivity index (χ0) is 17.7. The van der Waals surface area contributed by atoms with E-state index < -0.39 is 7.26 Å². The Kier molecular flexibility index (Phi) is 6.92. The van der Waals surface area contributed by atoms with Crippen LogP contribution in [0.15, 0.2) is 18.2 Å². The normalized spacial score (nSPS) is 20.4. The maximum absolute atomic E-state index is 6.78. The molecule has 0 N–H and O–H groups in total. The number of rotatable bonds is 6. The molecule has 0 bridgehead atoms. The van der Waals surface area contributed by atoms with Crippen LogP contribution >= 0.6 is 18.9 Å². The maximum atomic E-state index is 6.78. The summed E-state index contributed by atoms with van der Waals surface area (Å²) in [5.74, 6) is 1.92. The summed E-state index contributed by atoms with van der Waals surface area (Å²) in [6.07, 6.45) is 13.4. The lowest BCUT2D eigenvalue weighted by atomic mass is 9.99. The van der Waals surface area contributed by atoms with E-state index in [1.807, 2.05) is 6.07 Å². The molecule has 4 heteroatoms. The predicted octanol–water partition coefficient (Wildman–Crippen LogP) is 6.37. The van der Waals surface area contributed by atoms with Crippen molar-refractivity contribution in [1.29, 1.82) is 0 Å². The van der Waals surface area contributed by atoms with Gasteiger partial charge >= 0.3 is 0 Å². The Morgan fingerprint density at radius 1 is 0.880 bits per heavy atom. The van der Waals surface area contributed by atoms with Crippen LogP contribution in [-0.2, 0) is 0 Å². The zero-order valence-corrected chi connectivity index (χ0v) is 17.3. The standard InChI is InChI=1S/C21H32ClO2P/c1-23-17-13-14-20(24-2)21(15-17)25(16-22,18-9-5-3-6-10-18)19-11-7-4-8-12-19/h13-16,18-19H,3-12H2,1-2H3. The number of benzene rings is 1. The molecule has 2 aliphatic carbocycles. The van der Waals surface area contributed by atoms with Gasteiger partial charge in [0.15, 0.2) is 5.75 Å². The highest BCUT2D eigenvalue weighted by Crippen LogP contribution is 2.75. The molecule has 0 atom stereocenters. The summed E-state index contributed by atoms with van der Waals surface area (Å²) < 4.78 is 11.4. The Morgan fingerprint density at radius 3 is 1.88 bits per heavy atom. The molecule has 2 nitrogen and oxygen atoms in total. The minimum absolute atomic E-state index is 0.711. The molecule has 25 heavy (non-hydrogen) atoms. The molecule has 1 aromatic carbocycles. The molecule has 0 spiro atoms. The van der Waals surface area contributed by atoms with Crippen molar-refractivity contribution in [3.05, 3.63) is 23.8 Å². The van der Waals surface area contributed by atoms with Crippen molar-refractivity contribution in [2.75, 3.05) is 14.2 Å². The third-order valence-electron chi connectivity index (χ3n) is 6.32. The van der Waals surface area contributed by atoms with Gasteiger partial charge in [-0.2, -0.15) is 0 Å². The number of halogens is 1. The summed E-state index contributed by atoms with van der Waals surface area (Å²) in [6, 6.07) is 6.32. The molecule has 0 aromatic heterocycles. The van der Waals surface area contributed by atoms with Crippen molar-refractivity contribution in [2.45, 2.75) is 75.5 Å². The molecule has 0 heterocycles. The van der Waals surface area contributed by atoms with Crippen molar-refractivity contribution in [3.63, 3.8) is 0 Å². The van der Waals surface area contributed by atoms with Crippen molar-refractivity contribution < 1.29 is 9.47 Å². The van der Waals surface area contributed by atoms with Gasteiger partial charge in [0.2, 0.25) is 0 Å². The Balaban J connectivity index is 2.11. The molecular formula is C21H32ClO2P. The second kappa shape index (κ2) is 8.96. The van der Waals surface area contributed by atoms with Crippen LogP contribution in [0, 0.1) is 5.62 Å². The Hall–Kier alpha value is -0.460. The first-order chi connectivity index (χ1) is 12.3. The van der Waals surface area contributed by atoms with E-state index in [1.165, 1.54) is 69.5 Å². The Bertz CT molecular complexity index is 533. The van der Waals surface area contributed by atoms with E-state index in [-0.39, 0.29) is 0 Å². The lowest BCUT2D eigenvalue weighted by molar-refractivity contribution is 0.405. The summed E-state index contributed by atoms with van der Waals surface area (Å²) in [4.78, 5) is 0. The van der Waals surface area contributed by atoms with Crippen LogP contribution in [0.1, 0.15) is 64.2 Å². The highest BCUT2D eigenvalue weighted by Gasteiger charge is 2.48. The van der Waals surface area contributed by atoms with Gasteiger partial charge in [-0.15, -0.1) is 0 Å². The van der Waals surface area contributed by atoms with Crippen LogP contribution in [0.2, 0.25) is 0 Å². The van der Waals surface area contributed by atoms with Gasteiger partial charge in [-0.1, -0.05) is 25.7 Å². The predicted molar refractivity (Wildman–Crippen MR) is 110 cm³/mol. The smallest absolute Gasteiger partial charge is 0.158 e. The van der Waals surface area contributed by atoms with E-state index in [1.54, 1.807) is 14.2 Å².